The number of allylic oxidation sites excluding steroid dienone is 2. The maximum absolute atomic E-state index is 12.9. The molecule has 0 radical (unpaired) electrons. The molecule has 0 aromatic rings. The number of carboxylic acids is 1. The lowest BCUT2D eigenvalue weighted by molar-refractivity contribution is -0.137. The van der Waals surface area contributed by atoms with Crippen molar-refractivity contribution >= 4 is 20.1 Å². The zero-order valence-electron chi connectivity index (χ0n) is 22.3. The molecule has 4 nitrogen and oxygen atoms in total. The summed E-state index contributed by atoms with van der Waals surface area (Å²) in [5.41, 5.74) is 0.999. The average Bonchev–Trinajstić information content (AvgIpc) is 3.01. The van der Waals surface area contributed by atoms with Crippen LogP contribution >= 0.6 is 0 Å². The van der Waals surface area contributed by atoms with Gasteiger partial charge in [0.05, 0.1) is 0 Å². The Morgan fingerprint density at radius 3 is 2.39 bits per heavy atom. The molecule has 2 rings (SSSR count). The van der Waals surface area contributed by atoms with Crippen molar-refractivity contribution in [3.05, 3.63) is 11.6 Å². The van der Waals surface area contributed by atoms with Crippen molar-refractivity contribution in [1.29, 1.82) is 0 Å². The Kier molecular flexibility index (Phi) is 10.4. The number of hydrogen-bond donors (Lipinski definition) is 1. The number of unbranched alkanes of at least 4 members (excludes halogenated alkanes) is 3. The summed E-state index contributed by atoms with van der Waals surface area (Å²) >= 11 is 0. The first-order chi connectivity index (χ1) is 15.4. The Bertz CT molecular complexity index is 685. The fourth-order valence-corrected chi connectivity index (χ4v) is 6.80. The third kappa shape index (κ3) is 8.05. The quantitative estimate of drug-likeness (QED) is 0.165. The van der Waals surface area contributed by atoms with Gasteiger partial charge in [0.2, 0.25) is 0 Å². The van der Waals surface area contributed by atoms with Gasteiger partial charge in [0.25, 0.3) is 0 Å². The van der Waals surface area contributed by atoms with E-state index in [1.165, 1.54) is 37.7 Å². The van der Waals surface area contributed by atoms with Crippen molar-refractivity contribution in [2.24, 2.45) is 11.3 Å². The van der Waals surface area contributed by atoms with Crippen LogP contribution in [0.25, 0.3) is 0 Å². The lowest BCUT2D eigenvalue weighted by atomic mass is 9.75. The second-order valence-corrected chi connectivity index (χ2v) is 17.1. The fraction of sp³-hybridized carbons (Fsp3) is 0.857. The van der Waals surface area contributed by atoms with Crippen LogP contribution in [0.3, 0.4) is 0 Å². The van der Waals surface area contributed by atoms with Gasteiger partial charge < -0.3 is 9.53 Å². The van der Waals surface area contributed by atoms with Crippen LogP contribution in [0.1, 0.15) is 118 Å². The second-order valence-electron chi connectivity index (χ2n) is 12.4. The molecule has 33 heavy (non-hydrogen) atoms. The summed E-state index contributed by atoms with van der Waals surface area (Å²) in [5.74, 6) is 0.305. The van der Waals surface area contributed by atoms with E-state index in [9.17, 15) is 9.59 Å². The first-order valence-corrected chi connectivity index (χ1v) is 16.4. The zero-order valence-corrected chi connectivity index (χ0v) is 23.3. The molecule has 190 valence electrons. The topological polar surface area (TPSA) is 63.6 Å². The number of rotatable bonds is 13. The summed E-state index contributed by atoms with van der Waals surface area (Å²) in [6.07, 6.45) is 16.4. The van der Waals surface area contributed by atoms with E-state index >= 15 is 0 Å². The molecular formula is C28H50O4Si. The van der Waals surface area contributed by atoms with Crippen molar-refractivity contribution in [3.63, 3.8) is 0 Å². The molecule has 0 aromatic heterocycles. The maximum Gasteiger partial charge on any atom is 0.303 e. The smallest absolute Gasteiger partial charge is 0.303 e. The fourth-order valence-electron chi connectivity index (χ4n) is 5.38. The average molecular weight is 479 g/mol. The van der Waals surface area contributed by atoms with Crippen molar-refractivity contribution in [1.82, 2.24) is 0 Å². The normalized spacial score (nSPS) is 23.6. The van der Waals surface area contributed by atoms with Crippen LogP contribution in [0.15, 0.2) is 11.6 Å². The summed E-state index contributed by atoms with van der Waals surface area (Å²) in [5, 5.41) is 9.01. The van der Waals surface area contributed by atoms with Crippen LogP contribution in [0.2, 0.25) is 18.1 Å². The molecule has 2 atom stereocenters. The SMILES string of the molecule is CC(C)(C)[Si](C)(C)OC(CCC1=CCC(=O)[C@]1(C)CCCCCCC(=O)O)C1CCCCC1. The predicted octanol–water partition coefficient (Wildman–Crippen LogP) is 8.07. The minimum Gasteiger partial charge on any atom is -0.481 e. The molecule has 0 heterocycles. The molecule has 1 fully saturated rings. The zero-order chi connectivity index (χ0) is 24.7. The molecule has 2 aliphatic carbocycles. The standard InChI is InChI=1S/C28H50O4Si/c1-27(2,3)33(5,6)32-24(22-14-10-9-11-15-22)19-17-23-18-20-25(29)28(23,4)21-13-8-7-12-16-26(30)31/h18,22,24H,7-17,19-21H2,1-6H3,(H,30,31)/t24?,28-/m1/s1. The first-order valence-electron chi connectivity index (χ1n) is 13.5. The van der Waals surface area contributed by atoms with Gasteiger partial charge in [-0.15, -0.1) is 0 Å². The van der Waals surface area contributed by atoms with Gasteiger partial charge in [-0.05, 0) is 69.5 Å². The molecule has 1 saturated carbocycles. The Morgan fingerprint density at radius 2 is 1.79 bits per heavy atom. The molecule has 0 bridgehead atoms. The van der Waals surface area contributed by atoms with Crippen LogP contribution in [-0.4, -0.2) is 31.3 Å². The molecule has 2 aliphatic rings. The summed E-state index contributed by atoms with van der Waals surface area (Å²) in [6.45, 7) is 13.9. The summed E-state index contributed by atoms with van der Waals surface area (Å²) in [7, 11) is -1.85. The molecule has 1 unspecified atom stereocenters. The summed E-state index contributed by atoms with van der Waals surface area (Å²) in [6, 6.07) is 0. The molecule has 0 aromatic carbocycles. The maximum atomic E-state index is 12.9. The monoisotopic (exact) mass is 478 g/mol. The van der Waals surface area contributed by atoms with Gasteiger partial charge in [0.15, 0.2) is 8.32 Å². The number of aliphatic carboxylic acids is 1. The van der Waals surface area contributed by atoms with Gasteiger partial charge in [-0.3, -0.25) is 9.59 Å². The van der Waals surface area contributed by atoms with Crippen molar-refractivity contribution in [3.8, 4) is 0 Å². The molecule has 1 N–H and O–H groups in total. The number of Topliss-reactive ketones (excluding diaryl/α,β-unsaturated/α-hetero) is 1. The Balaban J connectivity index is 1.99. The van der Waals surface area contributed by atoms with Crippen molar-refractivity contribution in [2.75, 3.05) is 0 Å². The van der Waals surface area contributed by atoms with Crippen molar-refractivity contribution in [2.45, 2.75) is 142 Å². The third-order valence-electron chi connectivity index (χ3n) is 8.80. The highest BCUT2D eigenvalue weighted by Gasteiger charge is 2.42. The van der Waals surface area contributed by atoms with Crippen LogP contribution in [-0.2, 0) is 14.0 Å². The summed E-state index contributed by atoms with van der Waals surface area (Å²) < 4.78 is 7.02. The number of carbonyl (C=O) groups is 2. The number of carbonyl (C=O) groups excluding carboxylic acids is 1. The first kappa shape index (κ1) is 28.3. The van der Waals surface area contributed by atoms with E-state index < -0.39 is 14.3 Å². The molecular weight excluding hydrogens is 428 g/mol. The largest absolute Gasteiger partial charge is 0.481 e. The van der Waals surface area contributed by atoms with Crippen LogP contribution in [0.4, 0.5) is 0 Å². The van der Waals surface area contributed by atoms with E-state index in [1.807, 2.05) is 0 Å². The third-order valence-corrected chi connectivity index (χ3v) is 13.3. The highest BCUT2D eigenvalue weighted by molar-refractivity contribution is 6.74. The Labute approximate surface area is 204 Å². The van der Waals surface area contributed by atoms with E-state index in [0.29, 0.717) is 24.2 Å². The van der Waals surface area contributed by atoms with E-state index in [1.54, 1.807) is 0 Å². The summed E-state index contributed by atoms with van der Waals surface area (Å²) in [4.78, 5) is 23.6. The van der Waals surface area contributed by atoms with Gasteiger partial charge in [0.1, 0.15) is 5.78 Å². The Morgan fingerprint density at radius 1 is 1.15 bits per heavy atom. The van der Waals surface area contributed by atoms with E-state index in [2.05, 4.69) is 46.9 Å². The highest BCUT2D eigenvalue weighted by Crippen LogP contribution is 2.45. The molecule has 5 heteroatoms. The number of ketones is 1. The second kappa shape index (κ2) is 12.1. The molecule has 0 saturated heterocycles. The van der Waals surface area contributed by atoms with Gasteiger partial charge >= 0.3 is 5.97 Å². The Hall–Kier alpha value is -0.943. The van der Waals surface area contributed by atoms with Gasteiger partial charge in [-0.2, -0.15) is 0 Å². The van der Waals surface area contributed by atoms with E-state index in [0.717, 1.165) is 44.9 Å². The minimum atomic E-state index is -1.85. The van der Waals surface area contributed by atoms with Crippen LogP contribution in [0, 0.1) is 11.3 Å². The van der Waals surface area contributed by atoms with Gasteiger partial charge in [-0.1, -0.05) is 70.9 Å². The number of carboxylic acid groups (broad SMARTS) is 1. The van der Waals surface area contributed by atoms with Crippen LogP contribution in [0.5, 0.6) is 0 Å². The highest BCUT2D eigenvalue weighted by atomic mass is 28.4. The lowest BCUT2D eigenvalue weighted by Crippen LogP contribution is -2.46. The molecule has 0 amide bonds. The van der Waals surface area contributed by atoms with Crippen LogP contribution < -0.4 is 0 Å². The molecule has 0 spiro atoms. The molecule has 0 aliphatic heterocycles. The van der Waals surface area contributed by atoms with E-state index in [-0.39, 0.29) is 16.9 Å². The van der Waals surface area contributed by atoms with Gasteiger partial charge in [0, 0.05) is 24.4 Å². The van der Waals surface area contributed by atoms with Gasteiger partial charge in [-0.25, -0.2) is 0 Å². The number of hydrogen-bond acceptors (Lipinski definition) is 3. The van der Waals surface area contributed by atoms with Crippen molar-refractivity contribution < 1.29 is 19.1 Å². The van der Waals surface area contributed by atoms with E-state index in [4.69, 9.17) is 9.53 Å². The lowest BCUT2D eigenvalue weighted by Gasteiger charge is -2.42. The predicted molar refractivity (Wildman–Crippen MR) is 139 cm³/mol. The minimum absolute atomic E-state index is 0.206.